The van der Waals surface area contributed by atoms with E-state index in [-0.39, 0.29) is 5.82 Å². The summed E-state index contributed by atoms with van der Waals surface area (Å²) in [5.41, 5.74) is 3.96. The van der Waals surface area contributed by atoms with Crippen molar-refractivity contribution in [2.75, 3.05) is 10.6 Å². The number of halogens is 1. The van der Waals surface area contributed by atoms with Crippen molar-refractivity contribution in [3.63, 3.8) is 0 Å². The van der Waals surface area contributed by atoms with Crippen LogP contribution in [0.25, 0.3) is 22.4 Å². The number of aromatic amines is 1. The van der Waals surface area contributed by atoms with Crippen LogP contribution in [0.4, 0.5) is 20.6 Å². The lowest BCUT2D eigenvalue weighted by atomic mass is 10.2. The molecule has 0 aliphatic carbocycles. The molecule has 0 saturated carbocycles. The first-order valence-corrected chi connectivity index (χ1v) is 8.06. The number of fused-ring (bicyclic) bond motifs is 1. The number of urea groups is 1. The van der Waals surface area contributed by atoms with Gasteiger partial charge in [-0.3, -0.25) is 0 Å². The molecule has 0 aliphatic heterocycles. The molecule has 1 heterocycles. The van der Waals surface area contributed by atoms with Gasteiger partial charge < -0.3 is 15.6 Å². The average Bonchev–Trinajstić information content (AvgIpc) is 3.08. The van der Waals surface area contributed by atoms with Crippen LogP contribution in [0.2, 0.25) is 0 Å². The van der Waals surface area contributed by atoms with E-state index >= 15 is 0 Å². The summed E-state index contributed by atoms with van der Waals surface area (Å²) in [5.74, 6) is 0.422. The van der Waals surface area contributed by atoms with Gasteiger partial charge in [-0.05, 0) is 60.7 Å². The summed E-state index contributed by atoms with van der Waals surface area (Å²) in [7, 11) is 0. The van der Waals surface area contributed by atoms with Crippen LogP contribution >= 0.6 is 0 Å². The number of carbonyl (C=O) groups excluding carboxylic acids is 1. The minimum absolute atomic E-state index is 0.350. The number of benzene rings is 3. The number of rotatable bonds is 3. The predicted molar refractivity (Wildman–Crippen MR) is 101 cm³/mol. The molecule has 128 valence electrons. The molecule has 3 N–H and O–H groups in total. The van der Waals surface area contributed by atoms with Crippen LogP contribution < -0.4 is 10.6 Å². The minimum atomic E-state index is -0.395. The highest BCUT2D eigenvalue weighted by molar-refractivity contribution is 5.99. The van der Waals surface area contributed by atoms with Gasteiger partial charge in [-0.2, -0.15) is 0 Å². The second kappa shape index (κ2) is 6.68. The lowest BCUT2D eigenvalue weighted by Gasteiger charge is -2.08. The van der Waals surface area contributed by atoms with Crippen LogP contribution in [-0.2, 0) is 0 Å². The van der Waals surface area contributed by atoms with E-state index in [4.69, 9.17) is 0 Å². The zero-order valence-electron chi connectivity index (χ0n) is 13.7. The molecule has 5 nitrogen and oxygen atoms in total. The monoisotopic (exact) mass is 346 g/mol. The van der Waals surface area contributed by atoms with E-state index in [9.17, 15) is 9.18 Å². The van der Waals surface area contributed by atoms with Crippen molar-refractivity contribution in [1.82, 2.24) is 9.97 Å². The number of imidazole rings is 1. The minimum Gasteiger partial charge on any atom is -0.338 e. The SMILES string of the molecule is O=C(Nc1ccc(F)cc1)Nc1ccc(-c2nc3ccccc3[nH]2)cc1. The van der Waals surface area contributed by atoms with Crippen LogP contribution in [0.1, 0.15) is 0 Å². The molecule has 4 aromatic rings. The maximum Gasteiger partial charge on any atom is 0.323 e. The van der Waals surface area contributed by atoms with Crippen molar-refractivity contribution < 1.29 is 9.18 Å². The van der Waals surface area contributed by atoms with Gasteiger partial charge in [0, 0.05) is 16.9 Å². The lowest BCUT2D eigenvalue weighted by molar-refractivity contribution is 0.262. The molecule has 0 atom stereocenters. The zero-order chi connectivity index (χ0) is 17.9. The van der Waals surface area contributed by atoms with E-state index < -0.39 is 6.03 Å². The number of nitrogens with zero attached hydrogens (tertiary/aromatic N) is 1. The summed E-state index contributed by atoms with van der Waals surface area (Å²) in [5, 5.41) is 5.38. The first-order chi connectivity index (χ1) is 12.7. The molecule has 1 aromatic heterocycles. The second-order valence-corrected chi connectivity index (χ2v) is 5.77. The Hall–Kier alpha value is -3.67. The van der Waals surface area contributed by atoms with Gasteiger partial charge in [-0.15, -0.1) is 0 Å². The first kappa shape index (κ1) is 15.8. The summed E-state index contributed by atoms with van der Waals surface area (Å²) in [6, 6.07) is 20.4. The molecule has 0 bridgehead atoms. The van der Waals surface area contributed by atoms with E-state index in [0.717, 1.165) is 22.4 Å². The van der Waals surface area contributed by atoms with Gasteiger partial charge >= 0.3 is 6.03 Å². The van der Waals surface area contributed by atoms with Crippen molar-refractivity contribution in [3.05, 3.63) is 78.6 Å². The summed E-state index contributed by atoms with van der Waals surface area (Å²) in [4.78, 5) is 19.8. The van der Waals surface area contributed by atoms with Crippen LogP contribution in [0, 0.1) is 5.82 Å². The van der Waals surface area contributed by atoms with Gasteiger partial charge in [-0.25, -0.2) is 14.2 Å². The van der Waals surface area contributed by atoms with Crippen molar-refractivity contribution in [2.24, 2.45) is 0 Å². The third-order valence-electron chi connectivity index (χ3n) is 3.91. The third kappa shape index (κ3) is 3.39. The molecule has 0 radical (unpaired) electrons. The highest BCUT2D eigenvalue weighted by Gasteiger charge is 2.06. The number of aromatic nitrogens is 2. The summed E-state index contributed by atoms with van der Waals surface area (Å²) < 4.78 is 12.9. The normalized spacial score (nSPS) is 10.7. The van der Waals surface area contributed by atoms with E-state index in [2.05, 4.69) is 20.6 Å². The van der Waals surface area contributed by atoms with Crippen LogP contribution in [-0.4, -0.2) is 16.0 Å². The second-order valence-electron chi connectivity index (χ2n) is 5.77. The number of hydrogen-bond donors (Lipinski definition) is 3. The zero-order valence-corrected chi connectivity index (χ0v) is 13.7. The molecule has 0 aliphatic rings. The largest absolute Gasteiger partial charge is 0.338 e. The Labute approximate surface area is 148 Å². The number of carbonyl (C=O) groups is 1. The van der Waals surface area contributed by atoms with Gasteiger partial charge in [-0.1, -0.05) is 12.1 Å². The van der Waals surface area contributed by atoms with Gasteiger partial charge in [0.15, 0.2) is 0 Å². The highest BCUT2D eigenvalue weighted by atomic mass is 19.1. The predicted octanol–water partition coefficient (Wildman–Crippen LogP) is 5.01. The quantitative estimate of drug-likeness (QED) is 0.488. The van der Waals surface area contributed by atoms with Gasteiger partial charge in [0.25, 0.3) is 0 Å². The number of hydrogen-bond acceptors (Lipinski definition) is 2. The van der Waals surface area contributed by atoms with E-state index in [1.165, 1.54) is 24.3 Å². The fraction of sp³-hybridized carbons (Fsp3) is 0. The van der Waals surface area contributed by atoms with E-state index in [1.54, 1.807) is 12.1 Å². The Balaban J connectivity index is 1.45. The van der Waals surface area contributed by atoms with Crippen LogP contribution in [0.15, 0.2) is 72.8 Å². The molecule has 4 rings (SSSR count). The van der Waals surface area contributed by atoms with Crippen molar-refractivity contribution in [2.45, 2.75) is 0 Å². The molecule has 0 unspecified atom stereocenters. The van der Waals surface area contributed by atoms with Crippen molar-refractivity contribution in [1.29, 1.82) is 0 Å². The maximum absolute atomic E-state index is 12.9. The van der Waals surface area contributed by atoms with Gasteiger partial charge in [0.1, 0.15) is 11.6 Å². The van der Waals surface area contributed by atoms with Crippen molar-refractivity contribution >= 4 is 28.4 Å². The smallest absolute Gasteiger partial charge is 0.323 e. The number of H-pyrrole nitrogens is 1. The molecule has 6 heteroatoms. The van der Waals surface area contributed by atoms with E-state index in [0.29, 0.717) is 11.4 Å². The molecule has 0 spiro atoms. The topological polar surface area (TPSA) is 69.8 Å². The molecular weight excluding hydrogens is 331 g/mol. The van der Waals surface area contributed by atoms with Gasteiger partial charge in [0.2, 0.25) is 0 Å². The fourth-order valence-electron chi connectivity index (χ4n) is 2.63. The standard InChI is InChI=1S/C20H15FN4O/c21-14-7-11-16(12-8-14)23-20(26)22-15-9-5-13(6-10-15)19-24-17-3-1-2-4-18(17)25-19/h1-12H,(H,24,25)(H2,22,23,26). The molecule has 2 amide bonds. The van der Waals surface area contributed by atoms with Crippen LogP contribution in [0.3, 0.4) is 0 Å². The Kier molecular flexibility index (Phi) is 4.07. The Morgan fingerprint density at radius 3 is 2.12 bits per heavy atom. The average molecular weight is 346 g/mol. The van der Waals surface area contributed by atoms with Crippen molar-refractivity contribution in [3.8, 4) is 11.4 Å². The Morgan fingerprint density at radius 2 is 1.46 bits per heavy atom. The van der Waals surface area contributed by atoms with Gasteiger partial charge in [0.05, 0.1) is 11.0 Å². The molecular formula is C20H15FN4O. The molecule has 3 aromatic carbocycles. The fourth-order valence-corrected chi connectivity index (χ4v) is 2.63. The third-order valence-corrected chi connectivity index (χ3v) is 3.91. The lowest BCUT2D eigenvalue weighted by Crippen LogP contribution is -2.19. The van der Waals surface area contributed by atoms with Crippen LogP contribution in [0.5, 0.6) is 0 Å². The summed E-state index contributed by atoms with van der Waals surface area (Å²) >= 11 is 0. The highest BCUT2D eigenvalue weighted by Crippen LogP contribution is 2.22. The Morgan fingerprint density at radius 1 is 0.846 bits per heavy atom. The Bertz CT molecular complexity index is 1020. The molecule has 0 fully saturated rings. The molecule has 0 saturated heterocycles. The summed E-state index contributed by atoms with van der Waals surface area (Å²) in [6.45, 7) is 0. The number of para-hydroxylation sites is 2. The first-order valence-electron chi connectivity index (χ1n) is 8.06. The van der Waals surface area contributed by atoms with E-state index in [1.807, 2.05) is 36.4 Å². The number of nitrogens with one attached hydrogen (secondary N) is 3. The number of anilines is 2. The molecule has 26 heavy (non-hydrogen) atoms. The maximum atomic E-state index is 12.9. The number of amides is 2. The summed E-state index contributed by atoms with van der Waals surface area (Å²) in [6.07, 6.45) is 0.